The number of benzene rings is 3. The summed E-state index contributed by atoms with van der Waals surface area (Å²) in [4.78, 5) is 32.9. The number of imidazole rings is 1. The minimum Gasteiger partial charge on any atom is -0.349 e. The minimum absolute atomic E-state index is 0.0399. The summed E-state index contributed by atoms with van der Waals surface area (Å²) in [5, 5.41) is 6.02. The summed E-state index contributed by atoms with van der Waals surface area (Å²) in [5.74, 6) is 0.529. The topological polar surface area (TPSA) is 86.9 Å². The van der Waals surface area contributed by atoms with Crippen LogP contribution in [0.4, 0.5) is 5.69 Å². The van der Waals surface area contributed by atoms with Crippen LogP contribution in [0.2, 0.25) is 0 Å². The number of nitrogens with zero attached hydrogens (tertiary/aromatic N) is 1. The van der Waals surface area contributed by atoms with Crippen molar-refractivity contribution in [3.05, 3.63) is 83.9 Å². The number of aromatic amines is 1. The first-order valence-corrected chi connectivity index (χ1v) is 10.9. The Balaban J connectivity index is 1.31. The van der Waals surface area contributed by atoms with Gasteiger partial charge in [0.15, 0.2) is 0 Å². The Morgan fingerprint density at radius 1 is 0.844 bits per heavy atom. The molecule has 160 valence electrons. The van der Waals surface area contributed by atoms with Gasteiger partial charge in [-0.05, 0) is 67.4 Å². The van der Waals surface area contributed by atoms with Gasteiger partial charge < -0.3 is 15.6 Å². The lowest BCUT2D eigenvalue weighted by atomic mass is 10.1. The quantitative estimate of drug-likeness (QED) is 0.414. The molecule has 0 radical (unpaired) electrons. The predicted molar refractivity (Wildman–Crippen MR) is 126 cm³/mol. The molecular weight excluding hydrogens is 400 g/mol. The molecule has 4 aromatic rings. The van der Waals surface area contributed by atoms with Crippen molar-refractivity contribution in [2.75, 3.05) is 5.32 Å². The van der Waals surface area contributed by atoms with Crippen LogP contribution in [-0.4, -0.2) is 27.8 Å². The van der Waals surface area contributed by atoms with Gasteiger partial charge in [-0.3, -0.25) is 9.59 Å². The second-order valence-corrected chi connectivity index (χ2v) is 8.17. The lowest BCUT2D eigenvalue weighted by Crippen LogP contribution is -2.32. The van der Waals surface area contributed by atoms with Gasteiger partial charge in [0.05, 0.1) is 11.0 Å². The van der Waals surface area contributed by atoms with E-state index in [0.29, 0.717) is 22.6 Å². The fraction of sp³-hybridized carbons (Fsp3) is 0.192. The number of nitrogens with one attached hydrogen (secondary N) is 3. The van der Waals surface area contributed by atoms with Crippen molar-refractivity contribution < 1.29 is 9.59 Å². The highest BCUT2D eigenvalue weighted by Gasteiger charge is 2.18. The summed E-state index contributed by atoms with van der Waals surface area (Å²) in [6.07, 6.45) is 4.48. The van der Waals surface area contributed by atoms with E-state index in [0.717, 1.165) is 29.4 Å². The van der Waals surface area contributed by atoms with Crippen LogP contribution >= 0.6 is 0 Å². The average molecular weight is 425 g/mol. The van der Waals surface area contributed by atoms with Gasteiger partial charge in [-0.15, -0.1) is 0 Å². The Labute approximate surface area is 186 Å². The van der Waals surface area contributed by atoms with Crippen molar-refractivity contribution >= 4 is 28.5 Å². The second kappa shape index (κ2) is 8.67. The molecule has 0 atom stereocenters. The third kappa shape index (κ3) is 4.25. The Morgan fingerprint density at radius 3 is 2.34 bits per heavy atom. The highest BCUT2D eigenvalue weighted by Crippen LogP contribution is 2.24. The van der Waals surface area contributed by atoms with Crippen molar-refractivity contribution in [3.8, 4) is 11.4 Å². The molecule has 32 heavy (non-hydrogen) atoms. The van der Waals surface area contributed by atoms with E-state index < -0.39 is 0 Å². The number of hydrogen-bond donors (Lipinski definition) is 3. The molecule has 2 amide bonds. The lowest BCUT2D eigenvalue weighted by Gasteiger charge is -2.11. The Kier molecular flexibility index (Phi) is 5.42. The zero-order valence-corrected chi connectivity index (χ0v) is 17.6. The summed E-state index contributed by atoms with van der Waals surface area (Å²) in [5.41, 5.74) is 4.47. The van der Waals surface area contributed by atoms with Crippen LogP contribution in [0.3, 0.4) is 0 Å². The van der Waals surface area contributed by atoms with Gasteiger partial charge in [-0.1, -0.05) is 31.0 Å². The molecule has 3 aromatic carbocycles. The summed E-state index contributed by atoms with van der Waals surface area (Å²) in [6.45, 7) is 0. The van der Waals surface area contributed by atoms with E-state index in [-0.39, 0.29) is 17.9 Å². The highest BCUT2D eigenvalue weighted by molar-refractivity contribution is 6.04. The van der Waals surface area contributed by atoms with Crippen molar-refractivity contribution in [2.45, 2.75) is 31.7 Å². The van der Waals surface area contributed by atoms with Gasteiger partial charge >= 0.3 is 0 Å². The number of carbonyl (C=O) groups is 2. The van der Waals surface area contributed by atoms with Crippen LogP contribution in [0, 0.1) is 0 Å². The fourth-order valence-corrected chi connectivity index (χ4v) is 4.13. The molecule has 0 bridgehead atoms. The van der Waals surface area contributed by atoms with Crippen LogP contribution < -0.4 is 10.6 Å². The molecule has 3 N–H and O–H groups in total. The SMILES string of the molecule is O=C(Nc1ccc(-c2nc3cc(C(=O)NC4CCCC4)ccc3[nH]2)cc1)c1ccccc1. The largest absolute Gasteiger partial charge is 0.349 e. The molecule has 1 fully saturated rings. The second-order valence-electron chi connectivity index (χ2n) is 8.17. The monoisotopic (exact) mass is 424 g/mol. The van der Waals surface area contributed by atoms with E-state index in [2.05, 4.69) is 20.6 Å². The molecule has 1 aliphatic rings. The van der Waals surface area contributed by atoms with Crippen molar-refractivity contribution in [2.24, 2.45) is 0 Å². The van der Waals surface area contributed by atoms with Gasteiger partial charge in [0.2, 0.25) is 0 Å². The number of anilines is 1. The van der Waals surface area contributed by atoms with E-state index in [1.165, 1.54) is 12.8 Å². The first kappa shape index (κ1) is 20.0. The minimum atomic E-state index is -0.148. The average Bonchev–Trinajstić information content (AvgIpc) is 3.49. The smallest absolute Gasteiger partial charge is 0.255 e. The van der Waals surface area contributed by atoms with E-state index >= 15 is 0 Å². The molecule has 1 saturated carbocycles. The molecule has 0 unspecified atom stereocenters. The number of rotatable bonds is 5. The van der Waals surface area contributed by atoms with Crippen LogP contribution in [0.5, 0.6) is 0 Å². The van der Waals surface area contributed by atoms with Crippen LogP contribution in [0.15, 0.2) is 72.8 Å². The van der Waals surface area contributed by atoms with E-state index in [9.17, 15) is 9.59 Å². The maximum atomic E-state index is 12.6. The lowest BCUT2D eigenvalue weighted by molar-refractivity contribution is 0.0937. The summed E-state index contributed by atoms with van der Waals surface area (Å²) in [6, 6.07) is 22.5. The maximum Gasteiger partial charge on any atom is 0.255 e. The van der Waals surface area contributed by atoms with Gasteiger partial charge in [-0.25, -0.2) is 4.98 Å². The third-order valence-electron chi connectivity index (χ3n) is 5.89. The number of H-pyrrole nitrogens is 1. The highest BCUT2D eigenvalue weighted by atomic mass is 16.2. The normalized spacial score (nSPS) is 13.9. The van der Waals surface area contributed by atoms with E-state index in [1.807, 2.05) is 60.7 Å². The first-order chi connectivity index (χ1) is 15.7. The zero-order valence-electron chi connectivity index (χ0n) is 17.6. The standard InChI is InChI=1S/C26H24N4O2/c31-25(18-6-2-1-3-7-18)28-21-13-10-17(11-14-21)24-29-22-15-12-19(16-23(22)30-24)26(32)27-20-8-4-5-9-20/h1-3,6-7,10-16,20H,4-5,8-9H2,(H,27,32)(H,28,31)(H,29,30). The fourth-order valence-electron chi connectivity index (χ4n) is 4.13. The summed E-state index contributed by atoms with van der Waals surface area (Å²) >= 11 is 0. The number of amides is 2. The van der Waals surface area contributed by atoms with Crippen LogP contribution in [0.25, 0.3) is 22.4 Å². The van der Waals surface area contributed by atoms with Crippen molar-refractivity contribution in [3.63, 3.8) is 0 Å². The van der Waals surface area contributed by atoms with Gasteiger partial charge in [-0.2, -0.15) is 0 Å². The Hall–Kier alpha value is -3.93. The predicted octanol–water partition coefficient (Wildman–Crippen LogP) is 5.15. The van der Waals surface area contributed by atoms with Gasteiger partial charge in [0.1, 0.15) is 5.82 Å². The van der Waals surface area contributed by atoms with Crippen molar-refractivity contribution in [1.29, 1.82) is 0 Å². The molecule has 1 heterocycles. The number of aromatic nitrogens is 2. The molecule has 1 aliphatic carbocycles. The van der Waals surface area contributed by atoms with Gasteiger partial charge in [0.25, 0.3) is 11.8 Å². The number of carbonyl (C=O) groups excluding carboxylic acids is 2. The van der Waals surface area contributed by atoms with E-state index in [1.54, 1.807) is 12.1 Å². The van der Waals surface area contributed by atoms with Gasteiger partial charge in [0, 0.05) is 28.4 Å². The summed E-state index contributed by atoms with van der Waals surface area (Å²) in [7, 11) is 0. The van der Waals surface area contributed by atoms with Crippen LogP contribution in [0.1, 0.15) is 46.4 Å². The van der Waals surface area contributed by atoms with Crippen molar-refractivity contribution in [1.82, 2.24) is 15.3 Å². The number of hydrogen-bond acceptors (Lipinski definition) is 3. The molecule has 1 aromatic heterocycles. The molecule has 6 heteroatoms. The molecule has 6 nitrogen and oxygen atoms in total. The van der Waals surface area contributed by atoms with E-state index in [4.69, 9.17) is 0 Å². The first-order valence-electron chi connectivity index (χ1n) is 10.9. The molecular formula is C26H24N4O2. The number of fused-ring (bicyclic) bond motifs is 1. The third-order valence-corrected chi connectivity index (χ3v) is 5.89. The molecule has 5 rings (SSSR count). The van der Waals surface area contributed by atoms with Crippen LogP contribution in [-0.2, 0) is 0 Å². The molecule has 0 aliphatic heterocycles. The molecule has 0 saturated heterocycles. The summed E-state index contributed by atoms with van der Waals surface area (Å²) < 4.78 is 0. The Bertz CT molecular complexity index is 1260. The Morgan fingerprint density at radius 2 is 1.59 bits per heavy atom. The molecule has 0 spiro atoms. The zero-order chi connectivity index (χ0) is 21.9. The maximum absolute atomic E-state index is 12.6.